The van der Waals surface area contributed by atoms with Gasteiger partial charge in [-0.05, 0) is 23.7 Å². The Morgan fingerprint density at radius 3 is 0.677 bits per heavy atom. The van der Waals surface area contributed by atoms with Crippen molar-refractivity contribution in [1.82, 2.24) is 0 Å². The van der Waals surface area contributed by atoms with Crippen LogP contribution < -0.4 is 22.9 Å². The first-order valence-corrected chi connectivity index (χ1v) is 10.9. The Balaban J connectivity index is -0.000000157. The Bertz CT molecular complexity index is 461. The van der Waals surface area contributed by atoms with Crippen LogP contribution in [-0.2, 0) is 19.2 Å². The van der Waals surface area contributed by atoms with Gasteiger partial charge in [0.15, 0.2) is 0 Å². The first-order valence-electron chi connectivity index (χ1n) is 10.9. The van der Waals surface area contributed by atoms with Gasteiger partial charge in [0, 0.05) is 24.2 Å². The highest BCUT2D eigenvalue weighted by Crippen LogP contribution is 2.08. The largest absolute Gasteiger partial charge is 0.370 e. The number of rotatable bonds is 8. The summed E-state index contributed by atoms with van der Waals surface area (Å²) in [6, 6.07) is 0. The van der Waals surface area contributed by atoms with E-state index in [1.165, 1.54) is 0 Å². The molecule has 0 spiro atoms. The van der Waals surface area contributed by atoms with Gasteiger partial charge in [0.1, 0.15) is 0 Å². The second-order valence-electron chi connectivity index (χ2n) is 9.37. The summed E-state index contributed by atoms with van der Waals surface area (Å²) in [5, 5.41) is 0. The van der Waals surface area contributed by atoms with Crippen molar-refractivity contribution in [2.45, 2.75) is 82.6 Å². The molecule has 8 N–H and O–H groups in total. The third kappa shape index (κ3) is 27.9. The van der Waals surface area contributed by atoms with Crippen LogP contribution in [0.5, 0.6) is 0 Å². The quantitative estimate of drug-likeness (QED) is 0.449. The normalized spacial score (nSPS) is 13.0. The van der Waals surface area contributed by atoms with Gasteiger partial charge in [0.25, 0.3) is 0 Å². The van der Waals surface area contributed by atoms with Gasteiger partial charge in [-0.15, -0.1) is 0 Å². The Hall–Kier alpha value is -2.12. The fourth-order valence-electron chi connectivity index (χ4n) is 1.39. The first kappa shape index (κ1) is 36.3. The summed E-state index contributed by atoms with van der Waals surface area (Å²) in [7, 11) is 0. The van der Waals surface area contributed by atoms with Gasteiger partial charge in [-0.3, -0.25) is 19.2 Å². The highest BCUT2D eigenvalue weighted by atomic mass is 16.2. The zero-order valence-corrected chi connectivity index (χ0v) is 21.7. The van der Waals surface area contributed by atoms with Crippen LogP contribution >= 0.6 is 0 Å². The fraction of sp³-hybridized carbons (Fsp3) is 0.826. The van der Waals surface area contributed by atoms with Crippen LogP contribution in [0.3, 0.4) is 0 Å². The number of amides is 4. The molecular weight excluding hydrogens is 396 g/mol. The molecule has 0 saturated carbocycles. The van der Waals surface area contributed by atoms with Crippen LogP contribution in [0.4, 0.5) is 0 Å². The number of hydrogen-bond acceptors (Lipinski definition) is 4. The van der Waals surface area contributed by atoms with Gasteiger partial charge in [0.05, 0.1) is 0 Å². The number of carbonyl (C=O) groups excluding carboxylic acids is 4. The summed E-state index contributed by atoms with van der Waals surface area (Å²) >= 11 is 0. The van der Waals surface area contributed by atoms with E-state index in [2.05, 4.69) is 0 Å². The van der Waals surface area contributed by atoms with Gasteiger partial charge in [-0.25, -0.2) is 0 Å². The van der Waals surface area contributed by atoms with Crippen LogP contribution in [0.15, 0.2) is 0 Å². The van der Waals surface area contributed by atoms with E-state index in [1.54, 1.807) is 0 Å². The van der Waals surface area contributed by atoms with E-state index in [1.807, 2.05) is 76.2 Å². The summed E-state index contributed by atoms with van der Waals surface area (Å²) in [5.74, 6) is 0.694. The maximum absolute atomic E-state index is 10.4. The summed E-state index contributed by atoms with van der Waals surface area (Å²) in [5.41, 5.74) is 19.8. The van der Waals surface area contributed by atoms with Gasteiger partial charge < -0.3 is 22.9 Å². The molecule has 31 heavy (non-hydrogen) atoms. The molecule has 0 saturated heterocycles. The second kappa shape index (κ2) is 19.8. The van der Waals surface area contributed by atoms with E-state index < -0.39 is 0 Å². The predicted molar refractivity (Wildman–Crippen MR) is 128 cm³/mol. The van der Waals surface area contributed by atoms with Crippen molar-refractivity contribution in [3.8, 4) is 0 Å². The van der Waals surface area contributed by atoms with Crippen molar-refractivity contribution in [2.75, 3.05) is 0 Å². The summed E-state index contributed by atoms with van der Waals surface area (Å²) < 4.78 is 0. The lowest BCUT2D eigenvalue weighted by Gasteiger charge is -2.09. The van der Waals surface area contributed by atoms with Crippen LogP contribution in [0.25, 0.3) is 0 Å². The first-order chi connectivity index (χ1) is 13.8. The summed E-state index contributed by atoms with van der Waals surface area (Å²) in [6.07, 6.45) is 0.500. The second-order valence-corrected chi connectivity index (χ2v) is 9.37. The highest BCUT2D eigenvalue weighted by Gasteiger charge is 2.12. The molecule has 0 aliphatic heterocycles. The zero-order valence-electron chi connectivity index (χ0n) is 21.7. The molecule has 186 valence electrons. The molecule has 0 aliphatic rings. The Kier molecular flexibility index (Phi) is 23.2. The topological polar surface area (TPSA) is 172 Å². The molecule has 0 aliphatic carbocycles. The highest BCUT2D eigenvalue weighted by molar-refractivity contribution is 5.77. The van der Waals surface area contributed by atoms with E-state index in [9.17, 15) is 19.2 Å². The van der Waals surface area contributed by atoms with Crippen molar-refractivity contribution in [1.29, 1.82) is 0 Å². The third-order valence-corrected chi connectivity index (χ3v) is 4.96. The smallest absolute Gasteiger partial charge is 0.220 e. The maximum atomic E-state index is 10.4. The van der Waals surface area contributed by atoms with Crippen LogP contribution in [0.2, 0.25) is 0 Å². The SMILES string of the molecule is CC(C)C(C)C(N)=O.CC(C)CC(N)=O.CC(C)[C@@H](C)C(N)=O.CC(C)[C@H](C)C(N)=O. The third-order valence-electron chi connectivity index (χ3n) is 4.96. The van der Waals surface area contributed by atoms with Crippen molar-refractivity contribution in [2.24, 2.45) is 64.4 Å². The van der Waals surface area contributed by atoms with E-state index in [0.717, 1.165) is 0 Å². The number of hydrogen-bond donors (Lipinski definition) is 4. The summed E-state index contributed by atoms with van der Waals surface area (Å²) in [4.78, 5) is 41.1. The standard InChI is InChI=1S/3C6H13NO.C5H11NO/c3*1-4(2)5(3)6(7)8;1-4(2)3-5(6)7/h3*4-5H,1-3H3,(H2,7,8);4H,3H2,1-2H3,(H2,6,7)/t2*5-;;/m10../s1. The Morgan fingerprint density at radius 1 is 0.484 bits per heavy atom. The Labute approximate surface area is 190 Å². The van der Waals surface area contributed by atoms with E-state index in [0.29, 0.717) is 30.1 Å². The van der Waals surface area contributed by atoms with E-state index in [-0.39, 0.29) is 41.4 Å². The average molecular weight is 447 g/mol. The average Bonchev–Trinajstić information content (AvgIpc) is 2.59. The van der Waals surface area contributed by atoms with Crippen LogP contribution in [0, 0.1) is 41.4 Å². The molecule has 1 unspecified atom stereocenters. The van der Waals surface area contributed by atoms with Crippen molar-refractivity contribution in [3.63, 3.8) is 0 Å². The number of primary amides is 4. The minimum Gasteiger partial charge on any atom is -0.370 e. The molecule has 8 heteroatoms. The lowest BCUT2D eigenvalue weighted by molar-refractivity contribution is -0.123. The zero-order chi connectivity index (χ0) is 26.1. The number of nitrogens with two attached hydrogens (primary N) is 4. The van der Waals surface area contributed by atoms with Gasteiger partial charge >= 0.3 is 0 Å². The van der Waals surface area contributed by atoms with E-state index in [4.69, 9.17) is 22.9 Å². The fourth-order valence-corrected chi connectivity index (χ4v) is 1.39. The lowest BCUT2D eigenvalue weighted by Crippen LogP contribution is -2.24. The molecule has 0 aromatic carbocycles. The lowest BCUT2D eigenvalue weighted by atomic mass is 9.98. The molecule has 0 bridgehead atoms. The monoisotopic (exact) mass is 446 g/mol. The molecule has 0 radical (unpaired) electrons. The number of carbonyl (C=O) groups is 4. The molecule has 0 fully saturated rings. The van der Waals surface area contributed by atoms with Gasteiger partial charge in [-0.1, -0.05) is 76.2 Å². The maximum Gasteiger partial charge on any atom is 0.220 e. The molecule has 0 aromatic rings. The van der Waals surface area contributed by atoms with Crippen molar-refractivity contribution >= 4 is 23.6 Å². The molecule has 0 heterocycles. The van der Waals surface area contributed by atoms with E-state index >= 15 is 0 Å². The minimum atomic E-state index is -0.213. The van der Waals surface area contributed by atoms with Gasteiger partial charge in [0.2, 0.25) is 23.6 Å². The molecule has 4 amide bonds. The molecule has 0 rings (SSSR count). The molecular formula is C23H50N4O4. The predicted octanol–water partition coefficient (Wildman–Crippen LogP) is 2.81. The van der Waals surface area contributed by atoms with Crippen molar-refractivity contribution < 1.29 is 19.2 Å². The Morgan fingerprint density at radius 2 is 0.677 bits per heavy atom. The summed E-state index contributed by atoms with van der Waals surface area (Å²) in [6.45, 7) is 21.3. The van der Waals surface area contributed by atoms with Gasteiger partial charge in [-0.2, -0.15) is 0 Å². The molecule has 0 aromatic heterocycles. The minimum absolute atomic E-state index is 0.00926. The molecule has 8 nitrogen and oxygen atoms in total. The van der Waals surface area contributed by atoms with Crippen LogP contribution in [-0.4, -0.2) is 23.6 Å². The van der Waals surface area contributed by atoms with Crippen LogP contribution in [0.1, 0.15) is 82.6 Å². The molecule has 3 atom stereocenters. The van der Waals surface area contributed by atoms with Crippen molar-refractivity contribution in [3.05, 3.63) is 0 Å².